The highest BCUT2D eigenvalue weighted by Crippen LogP contribution is 2.73. The number of rotatable bonds is 2. The maximum Gasteiger partial charge on any atom is 0.238 e. The summed E-state index contributed by atoms with van der Waals surface area (Å²) in [7, 11) is 0. The number of anilines is 1. The number of benzene rings is 1. The number of hydrogen-bond acceptors (Lipinski definition) is 3. The van der Waals surface area contributed by atoms with Crippen LogP contribution in [0.25, 0.3) is 0 Å². The van der Waals surface area contributed by atoms with Crippen LogP contribution in [0.3, 0.4) is 0 Å². The van der Waals surface area contributed by atoms with Crippen molar-refractivity contribution < 1.29 is 14.4 Å². The molecule has 1 heterocycles. The topological polar surface area (TPSA) is 54.5 Å². The van der Waals surface area contributed by atoms with Crippen molar-refractivity contribution in [2.75, 3.05) is 4.90 Å². The van der Waals surface area contributed by atoms with E-state index in [1.54, 1.807) is 24.3 Å². The number of amides is 2. The summed E-state index contributed by atoms with van der Waals surface area (Å²) >= 11 is 0. The number of allylic oxidation sites excluding steroid dienone is 2. The van der Waals surface area contributed by atoms with E-state index in [2.05, 4.69) is 12.2 Å². The van der Waals surface area contributed by atoms with E-state index < -0.39 is 0 Å². The molecule has 1 aromatic carbocycles. The number of ketones is 1. The first-order chi connectivity index (χ1) is 11.0. The first-order valence-electron chi connectivity index (χ1n) is 8.22. The van der Waals surface area contributed by atoms with Gasteiger partial charge in [0, 0.05) is 5.56 Å². The van der Waals surface area contributed by atoms with Crippen molar-refractivity contribution in [1.82, 2.24) is 0 Å². The van der Waals surface area contributed by atoms with Crippen molar-refractivity contribution in [3.05, 3.63) is 42.0 Å². The first-order valence-corrected chi connectivity index (χ1v) is 8.22. The zero-order valence-electron chi connectivity index (χ0n) is 12.9. The van der Waals surface area contributed by atoms with Gasteiger partial charge < -0.3 is 0 Å². The molecule has 3 fully saturated rings. The molecular formula is C19H17NO3. The highest BCUT2D eigenvalue weighted by molar-refractivity contribution is 6.23. The fourth-order valence-electron chi connectivity index (χ4n) is 5.18. The van der Waals surface area contributed by atoms with Crippen LogP contribution in [-0.4, -0.2) is 17.6 Å². The summed E-state index contributed by atoms with van der Waals surface area (Å²) in [6, 6.07) is 6.77. The molecule has 3 aliphatic carbocycles. The van der Waals surface area contributed by atoms with Gasteiger partial charge in [0.15, 0.2) is 5.78 Å². The van der Waals surface area contributed by atoms with Gasteiger partial charge in [-0.2, -0.15) is 0 Å². The van der Waals surface area contributed by atoms with Crippen molar-refractivity contribution in [3.8, 4) is 0 Å². The molecule has 0 radical (unpaired) electrons. The van der Waals surface area contributed by atoms with Crippen LogP contribution in [0.1, 0.15) is 30.1 Å². The van der Waals surface area contributed by atoms with Crippen LogP contribution in [0.4, 0.5) is 5.69 Å². The van der Waals surface area contributed by atoms with Gasteiger partial charge >= 0.3 is 0 Å². The number of carbonyl (C=O) groups is 3. The third kappa shape index (κ3) is 1.44. The highest BCUT2D eigenvalue weighted by atomic mass is 16.2. The summed E-state index contributed by atoms with van der Waals surface area (Å²) in [4.78, 5) is 38.6. The molecule has 116 valence electrons. The number of Topliss-reactive ketones (excluding diaryl/α,β-unsaturated/α-hetero) is 1. The predicted octanol–water partition coefficient (Wildman–Crippen LogP) is 2.59. The van der Waals surface area contributed by atoms with Crippen LogP contribution >= 0.6 is 0 Å². The lowest BCUT2D eigenvalue weighted by Gasteiger charge is -2.21. The molecule has 2 saturated carbocycles. The Morgan fingerprint density at radius 1 is 1.00 bits per heavy atom. The second kappa shape index (κ2) is 3.99. The fourth-order valence-corrected chi connectivity index (χ4v) is 5.18. The average Bonchev–Trinajstić information content (AvgIpc) is 3.13. The quantitative estimate of drug-likeness (QED) is 0.479. The number of nitrogens with zero attached hydrogens (tertiary/aromatic N) is 1. The minimum Gasteiger partial charge on any atom is -0.295 e. The van der Waals surface area contributed by atoms with Gasteiger partial charge in [0.25, 0.3) is 0 Å². The number of hydrogen-bond donors (Lipinski definition) is 0. The molecule has 1 spiro atoms. The van der Waals surface area contributed by atoms with Crippen LogP contribution in [0.5, 0.6) is 0 Å². The molecule has 2 amide bonds. The third-order valence-electron chi connectivity index (χ3n) is 6.38. The molecule has 1 saturated heterocycles. The van der Waals surface area contributed by atoms with E-state index in [1.807, 2.05) is 0 Å². The van der Waals surface area contributed by atoms with Gasteiger partial charge in [-0.3, -0.25) is 19.3 Å². The average molecular weight is 307 g/mol. The molecule has 0 unspecified atom stereocenters. The summed E-state index contributed by atoms with van der Waals surface area (Å²) in [6.07, 6.45) is 6.64. The third-order valence-corrected chi connectivity index (χ3v) is 6.38. The highest BCUT2D eigenvalue weighted by Gasteiger charge is 2.73. The molecule has 0 N–H and O–H groups in total. The molecule has 4 aliphatic rings. The van der Waals surface area contributed by atoms with E-state index in [0.717, 1.165) is 12.8 Å². The molecule has 1 aliphatic heterocycles. The lowest BCUT2D eigenvalue weighted by atomic mass is 9.85. The molecule has 4 nitrogen and oxygen atoms in total. The summed E-state index contributed by atoms with van der Waals surface area (Å²) in [6.45, 7) is 1.50. The molecule has 4 heteroatoms. The molecule has 1 aromatic rings. The second-order valence-corrected chi connectivity index (χ2v) is 7.34. The molecule has 2 bridgehead atoms. The zero-order valence-corrected chi connectivity index (χ0v) is 12.9. The van der Waals surface area contributed by atoms with E-state index in [4.69, 9.17) is 0 Å². The van der Waals surface area contributed by atoms with Crippen molar-refractivity contribution in [2.45, 2.75) is 19.8 Å². The SMILES string of the molecule is CC(=O)c1ccc(N2C(=O)[C@H]3[C@H](C2=O)[C@H]2C=C[C@H]3C23CC3)cc1. The number of fused-ring (bicyclic) bond motifs is 3. The van der Waals surface area contributed by atoms with Gasteiger partial charge in [-0.1, -0.05) is 12.2 Å². The standard InChI is InChI=1S/C19H17NO3/c1-10(21)11-2-4-12(5-3-11)20-17(22)15-13-6-7-14(16(15)18(20)23)19(13)8-9-19/h2-7,13-16H,8-9H2,1H3/t13-,14-,15-,16-/m1/s1. The molecular weight excluding hydrogens is 290 g/mol. The van der Waals surface area contributed by atoms with Crippen molar-refractivity contribution in [2.24, 2.45) is 29.1 Å². The van der Waals surface area contributed by atoms with Crippen LogP contribution in [0, 0.1) is 29.1 Å². The van der Waals surface area contributed by atoms with E-state index in [9.17, 15) is 14.4 Å². The van der Waals surface area contributed by atoms with Crippen molar-refractivity contribution >= 4 is 23.3 Å². The van der Waals surface area contributed by atoms with Gasteiger partial charge in [0.05, 0.1) is 17.5 Å². The van der Waals surface area contributed by atoms with Crippen LogP contribution in [0.2, 0.25) is 0 Å². The van der Waals surface area contributed by atoms with Crippen LogP contribution < -0.4 is 4.90 Å². The summed E-state index contributed by atoms with van der Waals surface area (Å²) in [5.74, 6) is 0.00802. The normalized spacial score (nSPS) is 35.3. The van der Waals surface area contributed by atoms with Crippen molar-refractivity contribution in [3.63, 3.8) is 0 Å². The maximum atomic E-state index is 12.9. The molecule has 5 rings (SSSR count). The lowest BCUT2D eigenvalue weighted by Crippen LogP contribution is -2.34. The minimum absolute atomic E-state index is 0.0228. The first kappa shape index (κ1) is 13.2. The summed E-state index contributed by atoms with van der Waals surface area (Å²) in [5, 5.41) is 0. The van der Waals surface area contributed by atoms with Crippen LogP contribution in [0.15, 0.2) is 36.4 Å². The predicted molar refractivity (Wildman–Crippen MR) is 83.7 cm³/mol. The smallest absolute Gasteiger partial charge is 0.238 e. The van der Waals surface area contributed by atoms with Gasteiger partial charge in [-0.05, 0) is 61.3 Å². The molecule has 4 atom stereocenters. The Hall–Kier alpha value is -2.23. The van der Waals surface area contributed by atoms with Gasteiger partial charge in [-0.25, -0.2) is 0 Å². The van der Waals surface area contributed by atoms with Gasteiger partial charge in [-0.15, -0.1) is 0 Å². The van der Waals surface area contributed by atoms with E-state index in [-0.39, 0.29) is 46.7 Å². The van der Waals surface area contributed by atoms with Gasteiger partial charge in [0.2, 0.25) is 11.8 Å². The molecule has 0 aromatic heterocycles. The summed E-state index contributed by atoms with van der Waals surface area (Å²) < 4.78 is 0. The van der Waals surface area contributed by atoms with E-state index >= 15 is 0 Å². The minimum atomic E-state index is -0.174. The van der Waals surface area contributed by atoms with E-state index in [1.165, 1.54) is 11.8 Å². The summed E-state index contributed by atoms with van der Waals surface area (Å²) in [5.41, 5.74) is 1.40. The maximum absolute atomic E-state index is 12.9. The molecule has 23 heavy (non-hydrogen) atoms. The number of carbonyl (C=O) groups excluding carboxylic acids is 3. The largest absolute Gasteiger partial charge is 0.295 e. The lowest BCUT2D eigenvalue weighted by molar-refractivity contribution is -0.123. The van der Waals surface area contributed by atoms with Crippen molar-refractivity contribution in [1.29, 1.82) is 0 Å². The Morgan fingerprint density at radius 3 is 1.96 bits per heavy atom. The fraction of sp³-hybridized carbons (Fsp3) is 0.421. The Kier molecular flexibility index (Phi) is 2.30. The van der Waals surface area contributed by atoms with Crippen LogP contribution in [-0.2, 0) is 9.59 Å². The Bertz CT molecular complexity index is 753. The Balaban J connectivity index is 1.52. The second-order valence-electron chi connectivity index (χ2n) is 7.34. The number of imide groups is 1. The Labute approximate surface area is 134 Å². The zero-order chi connectivity index (χ0) is 15.9. The monoisotopic (exact) mass is 307 g/mol. The van der Waals surface area contributed by atoms with E-state index in [0.29, 0.717) is 11.3 Å². The van der Waals surface area contributed by atoms with Gasteiger partial charge in [0.1, 0.15) is 0 Å². The Morgan fingerprint density at radius 2 is 1.52 bits per heavy atom.